The molecule has 0 spiro atoms. The number of nitrogens with zero attached hydrogens (tertiary/aromatic N) is 1. The highest BCUT2D eigenvalue weighted by atomic mass is 32.2. The van der Waals surface area contributed by atoms with Crippen LogP contribution < -0.4 is 0 Å². The lowest BCUT2D eigenvalue weighted by Gasteiger charge is -2.05. The predicted octanol–water partition coefficient (Wildman–Crippen LogP) is 3.72. The van der Waals surface area contributed by atoms with E-state index in [0.717, 1.165) is 34.0 Å². The Kier molecular flexibility index (Phi) is 5.66. The summed E-state index contributed by atoms with van der Waals surface area (Å²) in [6, 6.07) is 16.0. The van der Waals surface area contributed by atoms with Gasteiger partial charge in [-0.3, -0.25) is 4.18 Å². The van der Waals surface area contributed by atoms with Gasteiger partial charge in [0.25, 0.3) is 10.1 Å². The van der Waals surface area contributed by atoms with Crippen LogP contribution in [0.4, 0.5) is 0 Å². The molecular formula is C22H19NO3S. The number of rotatable bonds is 5. The molecule has 0 aliphatic heterocycles. The summed E-state index contributed by atoms with van der Waals surface area (Å²) >= 11 is 0. The highest BCUT2D eigenvalue weighted by Gasteiger charge is 2.04. The molecule has 0 aliphatic carbocycles. The summed E-state index contributed by atoms with van der Waals surface area (Å²) in [6.07, 6.45) is 9.63. The van der Waals surface area contributed by atoms with E-state index in [1.807, 2.05) is 48.7 Å². The van der Waals surface area contributed by atoms with E-state index in [-0.39, 0.29) is 6.61 Å². The zero-order valence-electron chi connectivity index (χ0n) is 15.0. The number of terminal acetylenes is 1. The summed E-state index contributed by atoms with van der Waals surface area (Å²) in [7, 11) is -3.37. The molecule has 27 heavy (non-hydrogen) atoms. The van der Waals surface area contributed by atoms with Crippen LogP contribution in [0.1, 0.15) is 24.0 Å². The van der Waals surface area contributed by atoms with E-state index in [1.54, 1.807) is 0 Å². The monoisotopic (exact) mass is 377 g/mol. The molecule has 5 heteroatoms. The van der Waals surface area contributed by atoms with Gasteiger partial charge in [-0.2, -0.15) is 8.42 Å². The van der Waals surface area contributed by atoms with Crippen LogP contribution in [-0.2, 0) is 14.3 Å². The number of fused-ring (bicyclic) bond motifs is 1. The minimum Gasteiger partial charge on any atom is -0.317 e. The van der Waals surface area contributed by atoms with E-state index < -0.39 is 10.1 Å². The number of hydrogen-bond donors (Lipinski definition) is 0. The molecule has 4 nitrogen and oxygen atoms in total. The van der Waals surface area contributed by atoms with E-state index in [2.05, 4.69) is 32.6 Å². The first kappa shape index (κ1) is 18.8. The van der Waals surface area contributed by atoms with Crippen LogP contribution in [0, 0.1) is 24.2 Å². The summed E-state index contributed by atoms with van der Waals surface area (Å²) < 4.78 is 28.6. The molecule has 0 fully saturated rings. The topological polar surface area (TPSA) is 48.3 Å². The van der Waals surface area contributed by atoms with Gasteiger partial charge in [-0.15, -0.1) is 6.42 Å². The number of unbranched alkanes of at least 4 members (excludes halogenated alkanes) is 1. The Labute approximate surface area is 159 Å². The predicted molar refractivity (Wildman–Crippen MR) is 108 cm³/mol. The molecular weight excluding hydrogens is 358 g/mol. The number of aromatic nitrogens is 1. The maximum absolute atomic E-state index is 10.9. The van der Waals surface area contributed by atoms with Crippen LogP contribution in [0.2, 0.25) is 0 Å². The second kappa shape index (κ2) is 8.14. The lowest BCUT2D eigenvalue weighted by molar-refractivity contribution is 0.317. The zero-order valence-corrected chi connectivity index (χ0v) is 15.8. The SMILES string of the molecule is C#Cc1ccc(-n2ccc3cc(C#CCCCOS(C)(=O)=O)ccc32)cc1. The van der Waals surface area contributed by atoms with Gasteiger partial charge in [0.15, 0.2) is 0 Å². The number of hydrogen-bond acceptors (Lipinski definition) is 3. The van der Waals surface area contributed by atoms with Gasteiger partial charge in [-0.1, -0.05) is 17.8 Å². The summed E-state index contributed by atoms with van der Waals surface area (Å²) in [6.45, 7) is 0.161. The van der Waals surface area contributed by atoms with Crippen LogP contribution in [-0.4, -0.2) is 25.8 Å². The van der Waals surface area contributed by atoms with Crippen molar-refractivity contribution < 1.29 is 12.6 Å². The lowest BCUT2D eigenvalue weighted by atomic mass is 10.1. The van der Waals surface area contributed by atoms with Crippen molar-refractivity contribution in [1.82, 2.24) is 4.57 Å². The highest BCUT2D eigenvalue weighted by Crippen LogP contribution is 2.22. The molecule has 0 unspecified atom stereocenters. The van der Waals surface area contributed by atoms with Gasteiger partial charge in [0.1, 0.15) is 0 Å². The van der Waals surface area contributed by atoms with Gasteiger partial charge in [-0.25, -0.2) is 0 Å². The van der Waals surface area contributed by atoms with Crippen molar-refractivity contribution in [2.24, 2.45) is 0 Å². The summed E-state index contributed by atoms with van der Waals surface area (Å²) in [5.74, 6) is 8.79. The fourth-order valence-electron chi connectivity index (χ4n) is 2.70. The van der Waals surface area contributed by atoms with Crippen LogP contribution in [0.15, 0.2) is 54.7 Å². The molecule has 0 atom stereocenters. The minimum absolute atomic E-state index is 0.161. The maximum Gasteiger partial charge on any atom is 0.264 e. The minimum atomic E-state index is -3.37. The summed E-state index contributed by atoms with van der Waals surface area (Å²) in [4.78, 5) is 0. The Hall–Kier alpha value is -2.99. The fourth-order valence-corrected chi connectivity index (χ4v) is 3.12. The summed E-state index contributed by atoms with van der Waals surface area (Å²) in [5, 5.41) is 1.10. The van der Waals surface area contributed by atoms with E-state index in [0.29, 0.717) is 12.8 Å². The quantitative estimate of drug-likeness (QED) is 0.387. The first-order valence-corrected chi connectivity index (χ1v) is 10.3. The second-order valence-electron chi connectivity index (χ2n) is 6.08. The molecule has 3 rings (SSSR count). The van der Waals surface area contributed by atoms with Crippen molar-refractivity contribution >= 4 is 21.0 Å². The van der Waals surface area contributed by atoms with Gasteiger partial charge in [0, 0.05) is 34.8 Å². The maximum atomic E-state index is 10.9. The van der Waals surface area contributed by atoms with Crippen molar-refractivity contribution in [3.63, 3.8) is 0 Å². The van der Waals surface area contributed by atoms with Crippen molar-refractivity contribution in [3.8, 4) is 29.9 Å². The average molecular weight is 377 g/mol. The number of benzene rings is 2. The molecule has 2 aromatic carbocycles. The molecule has 0 saturated heterocycles. The Balaban J connectivity index is 1.70. The van der Waals surface area contributed by atoms with Crippen molar-refractivity contribution in [3.05, 3.63) is 65.9 Å². The third-order valence-electron chi connectivity index (χ3n) is 3.98. The third kappa shape index (κ3) is 5.01. The highest BCUT2D eigenvalue weighted by molar-refractivity contribution is 7.85. The van der Waals surface area contributed by atoms with Crippen LogP contribution in [0.3, 0.4) is 0 Å². The van der Waals surface area contributed by atoms with Crippen LogP contribution >= 0.6 is 0 Å². The second-order valence-corrected chi connectivity index (χ2v) is 7.73. The van der Waals surface area contributed by atoms with E-state index in [9.17, 15) is 8.42 Å². The first-order valence-electron chi connectivity index (χ1n) is 8.48. The van der Waals surface area contributed by atoms with E-state index in [1.165, 1.54) is 0 Å². The first-order chi connectivity index (χ1) is 13.0. The van der Waals surface area contributed by atoms with Crippen molar-refractivity contribution in [1.29, 1.82) is 0 Å². The molecule has 1 heterocycles. The third-order valence-corrected chi connectivity index (χ3v) is 4.57. The van der Waals surface area contributed by atoms with E-state index >= 15 is 0 Å². The standard InChI is InChI=1S/C22H19NO3S/c1-3-18-8-11-21(12-9-18)23-15-14-20-17-19(10-13-22(20)23)7-5-4-6-16-26-27(2,24)25/h1,8-15,17H,4,6,16H2,2H3. The Morgan fingerprint density at radius 1 is 1.07 bits per heavy atom. The largest absolute Gasteiger partial charge is 0.317 e. The molecule has 0 amide bonds. The summed E-state index contributed by atoms with van der Waals surface area (Å²) in [5.41, 5.74) is 3.92. The molecule has 0 radical (unpaired) electrons. The van der Waals surface area contributed by atoms with Crippen LogP contribution in [0.5, 0.6) is 0 Å². The van der Waals surface area contributed by atoms with Crippen molar-refractivity contribution in [2.45, 2.75) is 12.8 Å². The molecule has 0 N–H and O–H groups in total. The zero-order chi connectivity index (χ0) is 19.3. The molecule has 3 aromatic rings. The molecule has 136 valence electrons. The van der Waals surface area contributed by atoms with Gasteiger partial charge in [-0.05, 0) is 55.0 Å². The van der Waals surface area contributed by atoms with Crippen molar-refractivity contribution in [2.75, 3.05) is 12.9 Å². The average Bonchev–Trinajstić information content (AvgIpc) is 3.07. The molecule has 1 aromatic heterocycles. The van der Waals surface area contributed by atoms with E-state index in [4.69, 9.17) is 6.42 Å². The smallest absolute Gasteiger partial charge is 0.264 e. The van der Waals surface area contributed by atoms with Gasteiger partial charge >= 0.3 is 0 Å². The Morgan fingerprint density at radius 3 is 2.52 bits per heavy atom. The fraction of sp³-hybridized carbons (Fsp3) is 0.182. The Bertz CT molecular complexity index is 1150. The normalized spacial score (nSPS) is 11.0. The lowest BCUT2D eigenvalue weighted by Crippen LogP contribution is -2.03. The molecule has 0 saturated carbocycles. The Morgan fingerprint density at radius 2 is 1.81 bits per heavy atom. The van der Waals surface area contributed by atoms with Gasteiger partial charge in [0.05, 0.1) is 18.4 Å². The molecule has 0 aliphatic rings. The molecule has 0 bridgehead atoms. The van der Waals surface area contributed by atoms with Gasteiger partial charge in [0.2, 0.25) is 0 Å². The van der Waals surface area contributed by atoms with Gasteiger partial charge < -0.3 is 4.57 Å². The van der Waals surface area contributed by atoms with Crippen LogP contribution in [0.25, 0.3) is 16.6 Å².